The average Bonchev–Trinajstić information content (AvgIpc) is 2.98. The van der Waals surface area contributed by atoms with Crippen LogP contribution >= 0.6 is 0 Å². The molecular weight excluding hydrogens is 385 g/mol. The Kier molecular flexibility index (Phi) is 6.20. The number of halogens is 1. The zero-order valence-electron chi connectivity index (χ0n) is 17.4. The monoisotopic (exact) mass is 411 g/mol. The summed E-state index contributed by atoms with van der Waals surface area (Å²) in [6.45, 7) is 5.59. The minimum absolute atomic E-state index is 0.105. The van der Waals surface area contributed by atoms with Crippen molar-refractivity contribution in [2.45, 2.75) is 45.3 Å². The number of carbonyl (C=O) groups excluding carboxylic acids is 3. The third-order valence-electron chi connectivity index (χ3n) is 5.48. The molecule has 0 unspecified atom stereocenters. The van der Waals surface area contributed by atoms with Crippen LogP contribution in [0, 0.1) is 5.82 Å². The van der Waals surface area contributed by atoms with Crippen molar-refractivity contribution in [1.82, 2.24) is 15.1 Å². The fourth-order valence-corrected chi connectivity index (χ4v) is 3.71. The van der Waals surface area contributed by atoms with Crippen LogP contribution < -0.4 is 5.32 Å². The minimum Gasteiger partial charge on any atom is -0.334 e. The molecular formula is C23H26FN3O3. The van der Waals surface area contributed by atoms with E-state index in [1.807, 2.05) is 44.2 Å². The van der Waals surface area contributed by atoms with Gasteiger partial charge >= 0.3 is 6.03 Å². The first-order valence-corrected chi connectivity index (χ1v) is 10.0. The highest BCUT2D eigenvalue weighted by atomic mass is 19.1. The number of nitrogens with zero attached hydrogens (tertiary/aromatic N) is 2. The summed E-state index contributed by atoms with van der Waals surface area (Å²) in [6.07, 6.45) is 0.284. The fourth-order valence-electron chi connectivity index (χ4n) is 3.71. The number of benzene rings is 2. The Bertz CT molecular complexity index is 930. The number of urea groups is 1. The summed E-state index contributed by atoms with van der Waals surface area (Å²) in [5, 5.41) is 2.72. The summed E-state index contributed by atoms with van der Waals surface area (Å²) in [5.41, 5.74) is 0.156. The van der Waals surface area contributed by atoms with Crippen molar-refractivity contribution < 1.29 is 18.8 Å². The van der Waals surface area contributed by atoms with Crippen LogP contribution in [-0.4, -0.2) is 40.2 Å². The lowest BCUT2D eigenvalue weighted by molar-refractivity contribution is -0.140. The highest BCUT2D eigenvalue weighted by Gasteiger charge is 2.51. The second-order valence-electron chi connectivity index (χ2n) is 7.69. The Labute approximate surface area is 175 Å². The van der Waals surface area contributed by atoms with E-state index in [9.17, 15) is 18.8 Å². The van der Waals surface area contributed by atoms with Gasteiger partial charge in [0, 0.05) is 12.6 Å². The van der Waals surface area contributed by atoms with Crippen molar-refractivity contribution in [2.24, 2.45) is 0 Å². The highest BCUT2D eigenvalue weighted by molar-refractivity contribution is 6.09. The van der Waals surface area contributed by atoms with Crippen molar-refractivity contribution in [2.75, 3.05) is 6.54 Å². The summed E-state index contributed by atoms with van der Waals surface area (Å²) >= 11 is 0. The molecule has 6 nitrogen and oxygen atoms in total. The maximum Gasteiger partial charge on any atom is 0.325 e. The van der Waals surface area contributed by atoms with E-state index in [0.29, 0.717) is 12.1 Å². The molecule has 158 valence electrons. The van der Waals surface area contributed by atoms with Crippen LogP contribution in [0.15, 0.2) is 54.6 Å². The standard InChI is InChI=1S/C23H26FN3O3/c1-4-23(18-10-12-19(24)13-11-18)21(29)27(22(30)25-23)15-20(28)26(16(2)3)14-17-8-6-5-7-9-17/h5-13,16H,4,14-15H2,1-3H3,(H,25,30)/t23-/m0/s1. The second kappa shape index (κ2) is 8.65. The molecule has 1 aliphatic heterocycles. The largest absolute Gasteiger partial charge is 0.334 e. The van der Waals surface area contributed by atoms with Crippen molar-refractivity contribution in [1.29, 1.82) is 0 Å². The topological polar surface area (TPSA) is 69.7 Å². The molecule has 1 saturated heterocycles. The van der Waals surface area contributed by atoms with Crippen LogP contribution in [0.2, 0.25) is 0 Å². The zero-order valence-corrected chi connectivity index (χ0v) is 17.4. The molecule has 2 aromatic rings. The summed E-state index contributed by atoms with van der Waals surface area (Å²) in [6, 6.07) is 14.3. The number of hydrogen-bond donors (Lipinski definition) is 1. The average molecular weight is 411 g/mol. The maximum absolute atomic E-state index is 13.3. The molecule has 7 heteroatoms. The van der Waals surface area contributed by atoms with Crippen molar-refractivity contribution in [3.63, 3.8) is 0 Å². The van der Waals surface area contributed by atoms with Crippen LogP contribution in [0.1, 0.15) is 38.3 Å². The molecule has 0 aromatic heterocycles. The van der Waals surface area contributed by atoms with Gasteiger partial charge in [-0.05, 0) is 43.5 Å². The molecule has 30 heavy (non-hydrogen) atoms. The van der Waals surface area contributed by atoms with Gasteiger partial charge in [0.2, 0.25) is 5.91 Å². The third-order valence-corrected chi connectivity index (χ3v) is 5.48. The van der Waals surface area contributed by atoms with Crippen LogP contribution in [0.25, 0.3) is 0 Å². The first-order valence-electron chi connectivity index (χ1n) is 10.0. The van der Waals surface area contributed by atoms with Crippen molar-refractivity contribution in [3.05, 3.63) is 71.5 Å². The normalized spacial score (nSPS) is 18.6. The summed E-state index contributed by atoms with van der Waals surface area (Å²) < 4.78 is 13.3. The van der Waals surface area contributed by atoms with Crippen LogP contribution in [0.3, 0.4) is 0 Å². The van der Waals surface area contributed by atoms with E-state index in [0.717, 1.165) is 10.5 Å². The van der Waals surface area contributed by atoms with E-state index >= 15 is 0 Å². The molecule has 0 aliphatic carbocycles. The van der Waals surface area contributed by atoms with Crippen molar-refractivity contribution >= 4 is 17.8 Å². The van der Waals surface area contributed by atoms with E-state index in [1.54, 1.807) is 11.8 Å². The lowest BCUT2D eigenvalue weighted by Gasteiger charge is -2.29. The molecule has 1 atom stereocenters. The second-order valence-corrected chi connectivity index (χ2v) is 7.69. The van der Waals surface area contributed by atoms with Gasteiger partial charge in [0.05, 0.1) is 0 Å². The van der Waals surface area contributed by atoms with Gasteiger partial charge < -0.3 is 10.2 Å². The molecule has 2 aromatic carbocycles. The number of rotatable bonds is 7. The summed E-state index contributed by atoms with van der Waals surface area (Å²) in [4.78, 5) is 41.5. The van der Waals surface area contributed by atoms with Gasteiger partial charge in [-0.15, -0.1) is 0 Å². The smallest absolute Gasteiger partial charge is 0.325 e. The first-order chi connectivity index (χ1) is 14.3. The number of amides is 4. The van der Waals surface area contributed by atoms with Gasteiger partial charge in [0.1, 0.15) is 17.9 Å². The fraction of sp³-hybridized carbons (Fsp3) is 0.348. The molecule has 0 bridgehead atoms. The molecule has 0 saturated carbocycles. The van der Waals surface area contributed by atoms with E-state index in [4.69, 9.17) is 0 Å². The summed E-state index contributed by atoms with van der Waals surface area (Å²) in [7, 11) is 0. The van der Waals surface area contributed by atoms with E-state index < -0.39 is 23.3 Å². The zero-order chi connectivity index (χ0) is 21.9. The predicted molar refractivity (Wildman–Crippen MR) is 111 cm³/mol. The van der Waals surface area contributed by atoms with Crippen LogP contribution in [0.5, 0.6) is 0 Å². The van der Waals surface area contributed by atoms with E-state index in [1.165, 1.54) is 24.3 Å². The van der Waals surface area contributed by atoms with Gasteiger partial charge in [-0.3, -0.25) is 14.5 Å². The van der Waals surface area contributed by atoms with E-state index in [-0.39, 0.29) is 24.9 Å². The molecule has 1 heterocycles. The number of carbonyl (C=O) groups is 3. The highest BCUT2D eigenvalue weighted by Crippen LogP contribution is 2.32. The molecule has 4 amide bonds. The molecule has 0 spiro atoms. The van der Waals surface area contributed by atoms with E-state index in [2.05, 4.69) is 5.32 Å². The maximum atomic E-state index is 13.3. The Balaban J connectivity index is 1.81. The van der Waals surface area contributed by atoms with Gasteiger partial charge in [0.15, 0.2) is 0 Å². The lowest BCUT2D eigenvalue weighted by Crippen LogP contribution is -2.46. The van der Waals surface area contributed by atoms with Crippen molar-refractivity contribution in [3.8, 4) is 0 Å². The minimum atomic E-state index is -1.30. The van der Waals surface area contributed by atoms with Crippen LogP contribution in [0.4, 0.5) is 9.18 Å². The molecule has 1 fully saturated rings. The predicted octanol–water partition coefficient (Wildman–Crippen LogP) is 3.42. The Hall–Kier alpha value is -3.22. The van der Waals surface area contributed by atoms with Crippen LogP contribution in [-0.2, 0) is 21.7 Å². The van der Waals surface area contributed by atoms with Gasteiger partial charge in [-0.2, -0.15) is 0 Å². The molecule has 3 rings (SSSR count). The molecule has 1 N–H and O–H groups in total. The lowest BCUT2D eigenvalue weighted by atomic mass is 9.87. The number of nitrogens with one attached hydrogen (secondary N) is 1. The first kappa shape index (κ1) is 21.5. The number of imide groups is 1. The Morgan fingerprint density at radius 3 is 2.30 bits per heavy atom. The number of hydrogen-bond acceptors (Lipinski definition) is 3. The molecule has 0 radical (unpaired) electrons. The SMILES string of the molecule is CC[C@@]1(c2ccc(F)cc2)NC(=O)N(CC(=O)N(Cc2ccccc2)C(C)C)C1=O. The Morgan fingerprint density at radius 1 is 1.10 bits per heavy atom. The van der Waals surface area contributed by atoms with Gasteiger partial charge in [-0.25, -0.2) is 9.18 Å². The molecule has 1 aliphatic rings. The Morgan fingerprint density at radius 2 is 1.73 bits per heavy atom. The summed E-state index contributed by atoms with van der Waals surface area (Å²) in [5.74, 6) is -1.25. The quantitative estimate of drug-likeness (QED) is 0.710. The van der Waals surface area contributed by atoms with Gasteiger partial charge in [-0.1, -0.05) is 49.4 Å². The third kappa shape index (κ3) is 4.06. The van der Waals surface area contributed by atoms with Gasteiger partial charge in [0.25, 0.3) is 5.91 Å².